The van der Waals surface area contributed by atoms with Crippen LogP contribution in [0.4, 0.5) is 13.2 Å². The fourth-order valence-corrected chi connectivity index (χ4v) is 1.51. The number of hydrogen-bond donors (Lipinski definition) is 1. The van der Waals surface area contributed by atoms with Crippen LogP contribution in [-0.2, 0) is 12.8 Å². The SMILES string of the molecule is Cc1onc(-c2ccc(C(F)(F)F)nc2)c1CO. The van der Waals surface area contributed by atoms with Crippen molar-refractivity contribution in [2.75, 3.05) is 0 Å². The van der Waals surface area contributed by atoms with Crippen LogP contribution >= 0.6 is 0 Å². The highest BCUT2D eigenvalue weighted by Crippen LogP contribution is 2.30. The summed E-state index contributed by atoms with van der Waals surface area (Å²) in [5.74, 6) is 0.424. The molecule has 0 spiro atoms. The first kappa shape index (κ1) is 12.6. The average molecular weight is 258 g/mol. The molecule has 0 bridgehead atoms. The fraction of sp³-hybridized carbons (Fsp3) is 0.273. The van der Waals surface area contributed by atoms with E-state index < -0.39 is 11.9 Å². The van der Waals surface area contributed by atoms with Crippen LogP contribution in [0.1, 0.15) is 17.0 Å². The summed E-state index contributed by atoms with van der Waals surface area (Å²) in [7, 11) is 0. The predicted octanol–water partition coefficient (Wildman–Crippen LogP) is 2.56. The lowest BCUT2D eigenvalue weighted by Gasteiger charge is -2.05. The third-order valence-electron chi connectivity index (χ3n) is 2.47. The molecule has 0 unspecified atom stereocenters. The Morgan fingerprint density at radius 1 is 1.33 bits per heavy atom. The number of halogens is 3. The third-order valence-corrected chi connectivity index (χ3v) is 2.47. The van der Waals surface area contributed by atoms with Crippen molar-refractivity contribution in [1.29, 1.82) is 0 Å². The van der Waals surface area contributed by atoms with E-state index in [2.05, 4.69) is 10.1 Å². The van der Waals surface area contributed by atoms with Gasteiger partial charge in [-0.25, -0.2) is 0 Å². The van der Waals surface area contributed by atoms with Crippen LogP contribution in [0.2, 0.25) is 0 Å². The number of aromatic nitrogens is 2. The van der Waals surface area contributed by atoms with Crippen LogP contribution in [-0.4, -0.2) is 15.2 Å². The molecule has 0 atom stereocenters. The van der Waals surface area contributed by atoms with E-state index in [-0.39, 0.29) is 6.61 Å². The Morgan fingerprint density at radius 3 is 2.56 bits per heavy atom. The molecule has 2 rings (SSSR count). The quantitative estimate of drug-likeness (QED) is 0.899. The molecule has 0 aliphatic heterocycles. The molecule has 0 amide bonds. The summed E-state index contributed by atoms with van der Waals surface area (Å²) in [4.78, 5) is 3.32. The van der Waals surface area contributed by atoms with Gasteiger partial charge in [-0.15, -0.1) is 0 Å². The molecule has 0 fully saturated rings. The predicted molar refractivity (Wildman–Crippen MR) is 55.4 cm³/mol. The van der Waals surface area contributed by atoms with Gasteiger partial charge in [0.2, 0.25) is 0 Å². The summed E-state index contributed by atoms with van der Waals surface area (Å²) in [6.07, 6.45) is -3.42. The van der Waals surface area contributed by atoms with Crippen LogP contribution in [0.25, 0.3) is 11.3 Å². The van der Waals surface area contributed by atoms with Gasteiger partial charge in [-0.3, -0.25) is 4.98 Å². The van der Waals surface area contributed by atoms with E-state index in [1.165, 1.54) is 6.07 Å². The lowest BCUT2D eigenvalue weighted by atomic mass is 10.1. The minimum absolute atomic E-state index is 0.300. The van der Waals surface area contributed by atoms with Crippen LogP contribution in [0.15, 0.2) is 22.9 Å². The minimum atomic E-state index is -4.47. The van der Waals surface area contributed by atoms with Crippen molar-refractivity contribution in [3.05, 3.63) is 35.3 Å². The Balaban J connectivity index is 2.40. The molecule has 18 heavy (non-hydrogen) atoms. The van der Waals surface area contributed by atoms with Crippen molar-refractivity contribution in [1.82, 2.24) is 10.1 Å². The molecule has 0 aliphatic rings. The lowest BCUT2D eigenvalue weighted by Crippen LogP contribution is -2.07. The van der Waals surface area contributed by atoms with Gasteiger partial charge in [0.05, 0.1) is 6.61 Å². The molecular weight excluding hydrogens is 249 g/mol. The van der Waals surface area contributed by atoms with E-state index in [1.54, 1.807) is 6.92 Å². The molecule has 0 aromatic carbocycles. The monoisotopic (exact) mass is 258 g/mol. The summed E-state index contributed by atoms with van der Waals surface area (Å²) >= 11 is 0. The van der Waals surface area contributed by atoms with E-state index in [0.29, 0.717) is 22.6 Å². The minimum Gasteiger partial charge on any atom is -0.391 e. The first-order chi connectivity index (χ1) is 8.43. The Bertz CT molecular complexity index is 546. The van der Waals surface area contributed by atoms with Gasteiger partial charge in [0, 0.05) is 17.3 Å². The number of nitrogens with zero attached hydrogens (tertiary/aromatic N) is 2. The topological polar surface area (TPSA) is 59.2 Å². The third kappa shape index (κ3) is 2.21. The molecule has 2 aromatic rings. The van der Waals surface area contributed by atoms with Gasteiger partial charge in [-0.2, -0.15) is 13.2 Å². The maximum absolute atomic E-state index is 12.3. The number of pyridine rings is 1. The normalized spacial score (nSPS) is 11.8. The summed E-state index contributed by atoms with van der Waals surface area (Å²) in [5, 5.41) is 12.8. The largest absolute Gasteiger partial charge is 0.433 e. The van der Waals surface area contributed by atoms with E-state index in [1.807, 2.05) is 0 Å². The highest BCUT2D eigenvalue weighted by Gasteiger charge is 2.32. The number of alkyl halides is 3. The molecule has 0 saturated heterocycles. The van der Waals surface area contributed by atoms with Crippen LogP contribution in [0.5, 0.6) is 0 Å². The molecule has 7 heteroatoms. The molecule has 96 valence electrons. The van der Waals surface area contributed by atoms with Crippen LogP contribution in [0, 0.1) is 6.92 Å². The summed E-state index contributed by atoms with van der Waals surface area (Å²) < 4.78 is 41.9. The maximum atomic E-state index is 12.3. The smallest absolute Gasteiger partial charge is 0.391 e. The molecule has 1 N–H and O–H groups in total. The molecule has 4 nitrogen and oxygen atoms in total. The van der Waals surface area contributed by atoms with Crippen molar-refractivity contribution in [3.8, 4) is 11.3 Å². The number of rotatable bonds is 2. The molecule has 0 radical (unpaired) electrons. The summed E-state index contributed by atoms with van der Waals surface area (Å²) in [5.41, 5.74) is 0.133. The Morgan fingerprint density at radius 2 is 2.06 bits per heavy atom. The van der Waals surface area contributed by atoms with E-state index in [0.717, 1.165) is 12.3 Å². The Kier molecular flexibility index (Phi) is 3.08. The van der Waals surface area contributed by atoms with Crippen molar-refractivity contribution < 1.29 is 22.8 Å². The summed E-state index contributed by atoms with van der Waals surface area (Å²) in [6, 6.07) is 2.10. The van der Waals surface area contributed by atoms with Gasteiger partial charge in [0.1, 0.15) is 17.1 Å². The Labute approximate surface area is 100 Å². The first-order valence-corrected chi connectivity index (χ1v) is 5.03. The zero-order valence-electron chi connectivity index (χ0n) is 9.32. The van der Waals surface area contributed by atoms with Gasteiger partial charge >= 0.3 is 6.18 Å². The molecule has 0 aliphatic carbocycles. The van der Waals surface area contributed by atoms with Gasteiger partial charge in [0.15, 0.2) is 0 Å². The van der Waals surface area contributed by atoms with Gasteiger partial charge in [-0.05, 0) is 19.1 Å². The zero-order chi connectivity index (χ0) is 13.3. The van der Waals surface area contributed by atoms with Crippen molar-refractivity contribution >= 4 is 0 Å². The second kappa shape index (κ2) is 4.41. The standard InChI is InChI=1S/C11H9F3N2O2/c1-6-8(5-17)10(16-18-6)7-2-3-9(15-4-7)11(12,13)14/h2-4,17H,5H2,1H3. The molecule has 0 saturated carbocycles. The van der Waals surface area contributed by atoms with Crippen molar-refractivity contribution in [2.24, 2.45) is 0 Å². The van der Waals surface area contributed by atoms with Crippen LogP contribution < -0.4 is 0 Å². The average Bonchev–Trinajstić information content (AvgIpc) is 2.69. The number of aliphatic hydroxyl groups excluding tert-OH is 1. The zero-order valence-corrected chi connectivity index (χ0v) is 9.32. The molecule has 2 heterocycles. The van der Waals surface area contributed by atoms with E-state index in [9.17, 15) is 13.2 Å². The molecular formula is C11H9F3N2O2. The van der Waals surface area contributed by atoms with Gasteiger partial charge in [0.25, 0.3) is 0 Å². The lowest BCUT2D eigenvalue weighted by molar-refractivity contribution is -0.141. The van der Waals surface area contributed by atoms with E-state index in [4.69, 9.17) is 9.63 Å². The second-order valence-electron chi connectivity index (χ2n) is 3.65. The fourth-order valence-electron chi connectivity index (χ4n) is 1.51. The van der Waals surface area contributed by atoms with Crippen molar-refractivity contribution in [3.63, 3.8) is 0 Å². The van der Waals surface area contributed by atoms with Crippen LogP contribution in [0.3, 0.4) is 0 Å². The number of aliphatic hydroxyl groups is 1. The van der Waals surface area contributed by atoms with Crippen molar-refractivity contribution in [2.45, 2.75) is 19.7 Å². The highest BCUT2D eigenvalue weighted by atomic mass is 19.4. The maximum Gasteiger partial charge on any atom is 0.433 e. The number of hydrogen-bond acceptors (Lipinski definition) is 4. The van der Waals surface area contributed by atoms with Gasteiger partial charge in [-0.1, -0.05) is 5.16 Å². The molecule has 2 aromatic heterocycles. The second-order valence-corrected chi connectivity index (χ2v) is 3.65. The highest BCUT2D eigenvalue weighted by molar-refractivity contribution is 5.62. The van der Waals surface area contributed by atoms with Gasteiger partial charge < -0.3 is 9.63 Å². The number of aryl methyl sites for hydroxylation is 1. The van der Waals surface area contributed by atoms with E-state index >= 15 is 0 Å². The summed E-state index contributed by atoms with van der Waals surface area (Å²) in [6.45, 7) is 1.31. The first-order valence-electron chi connectivity index (χ1n) is 5.03. The Hall–Kier alpha value is -1.89.